The lowest BCUT2D eigenvalue weighted by molar-refractivity contribution is 0.875. The van der Waals surface area contributed by atoms with Crippen LogP contribution < -0.4 is 10.2 Å². The highest BCUT2D eigenvalue weighted by Crippen LogP contribution is 2.26. The number of hydrogen-bond acceptors (Lipinski definition) is 5. The third-order valence-electron chi connectivity index (χ3n) is 4.66. The van der Waals surface area contributed by atoms with Crippen molar-refractivity contribution in [3.8, 4) is 16.9 Å². The highest BCUT2D eigenvalue weighted by molar-refractivity contribution is 7.12. The second-order valence-corrected chi connectivity index (χ2v) is 7.52. The standard InChI is InChI=1S/C21H21N5OS/c1-3-15-8-10-16(11-9-15)19-17(12-22-20-23-24-21(27)28-20)13-26(25-19)18-7-5-4-6-14(18)2/h4-11,13H,3,12H2,1-2H3,(H,22,23)(H,24,27). The normalized spacial score (nSPS) is 10.9. The molecule has 0 saturated heterocycles. The third kappa shape index (κ3) is 3.75. The van der Waals surface area contributed by atoms with Crippen LogP contribution in [0.2, 0.25) is 0 Å². The zero-order valence-corrected chi connectivity index (χ0v) is 16.6. The van der Waals surface area contributed by atoms with E-state index >= 15 is 0 Å². The Bertz CT molecular complexity index is 1140. The Morgan fingerprint density at radius 3 is 2.61 bits per heavy atom. The fraction of sp³-hybridized carbons (Fsp3) is 0.190. The van der Waals surface area contributed by atoms with Crippen molar-refractivity contribution >= 4 is 16.5 Å². The van der Waals surface area contributed by atoms with Gasteiger partial charge in [0.05, 0.1) is 11.4 Å². The molecule has 2 heterocycles. The van der Waals surface area contributed by atoms with Crippen LogP contribution in [-0.4, -0.2) is 20.0 Å². The first-order valence-electron chi connectivity index (χ1n) is 9.17. The van der Waals surface area contributed by atoms with Crippen LogP contribution in [0.3, 0.4) is 0 Å². The molecule has 0 fully saturated rings. The molecule has 0 bridgehead atoms. The molecule has 2 aromatic heterocycles. The van der Waals surface area contributed by atoms with Crippen LogP contribution in [0, 0.1) is 6.92 Å². The van der Waals surface area contributed by atoms with Crippen LogP contribution in [-0.2, 0) is 13.0 Å². The monoisotopic (exact) mass is 391 g/mol. The number of aromatic amines is 1. The van der Waals surface area contributed by atoms with Crippen molar-refractivity contribution in [2.75, 3.05) is 5.32 Å². The van der Waals surface area contributed by atoms with Gasteiger partial charge in [-0.25, -0.2) is 9.78 Å². The first-order valence-corrected chi connectivity index (χ1v) is 9.99. The minimum Gasteiger partial charge on any atom is -0.356 e. The van der Waals surface area contributed by atoms with Crippen molar-refractivity contribution in [3.63, 3.8) is 0 Å². The van der Waals surface area contributed by atoms with E-state index < -0.39 is 0 Å². The molecule has 142 valence electrons. The third-order valence-corrected chi connectivity index (χ3v) is 5.36. The van der Waals surface area contributed by atoms with Gasteiger partial charge in [0, 0.05) is 23.9 Å². The van der Waals surface area contributed by atoms with Crippen LogP contribution in [0.25, 0.3) is 16.9 Å². The molecule has 4 rings (SSSR count). The summed E-state index contributed by atoms with van der Waals surface area (Å²) in [6, 6.07) is 16.7. The van der Waals surface area contributed by atoms with Crippen molar-refractivity contribution in [3.05, 3.63) is 81.1 Å². The van der Waals surface area contributed by atoms with E-state index in [-0.39, 0.29) is 4.87 Å². The van der Waals surface area contributed by atoms with Gasteiger partial charge in [-0.1, -0.05) is 49.4 Å². The Hall–Kier alpha value is -3.19. The summed E-state index contributed by atoms with van der Waals surface area (Å²) in [6.45, 7) is 4.75. The molecular formula is C21H21N5OS. The second kappa shape index (κ2) is 7.82. The Morgan fingerprint density at radius 1 is 1.14 bits per heavy atom. The van der Waals surface area contributed by atoms with Crippen LogP contribution in [0.1, 0.15) is 23.6 Å². The van der Waals surface area contributed by atoms with Crippen molar-refractivity contribution < 1.29 is 0 Å². The molecule has 0 unspecified atom stereocenters. The summed E-state index contributed by atoms with van der Waals surface area (Å²) in [5.74, 6) is 0. The average Bonchev–Trinajstić information content (AvgIpc) is 3.33. The highest BCUT2D eigenvalue weighted by Gasteiger charge is 2.14. The van der Waals surface area contributed by atoms with Gasteiger partial charge in [0.1, 0.15) is 0 Å². The summed E-state index contributed by atoms with van der Waals surface area (Å²) in [5.41, 5.74) is 6.52. The van der Waals surface area contributed by atoms with Crippen molar-refractivity contribution in [1.82, 2.24) is 20.0 Å². The number of rotatable bonds is 6. The maximum absolute atomic E-state index is 11.3. The largest absolute Gasteiger partial charge is 0.356 e. The van der Waals surface area contributed by atoms with E-state index in [1.54, 1.807) is 0 Å². The van der Waals surface area contributed by atoms with Gasteiger partial charge in [-0.05, 0) is 41.9 Å². The molecule has 0 aliphatic carbocycles. The minimum absolute atomic E-state index is 0.173. The summed E-state index contributed by atoms with van der Waals surface area (Å²) >= 11 is 1.06. The Balaban J connectivity index is 1.72. The van der Waals surface area contributed by atoms with Crippen LogP contribution >= 0.6 is 11.3 Å². The molecule has 4 aromatic rings. The predicted octanol–water partition coefficient (Wildman–Crippen LogP) is 4.17. The Morgan fingerprint density at radius 2 is 1.93 bits per heavy atom. The van der Waals surface area contributed by atoms with E-state index in [0.29, 0.717) is 11.7 Å². The molecule has 0 aliphatic rings. The fourth-order valence-electron chi connectivity index (χ4n) is 3.10. The maximum Gasteiger partial charge on any atom is 0.324 e. The number of benzene rings is 2. The molecule has 0 amide bonds. The summed E-state index contributed by atoms with van der Waals surface area (Å²) in [4.78, 5) is 11.1. The van der Waals surface area contributed by atoms with Gasteiger partial charge >= 0.3 is 4.87 Å². The smallest absolute Gasteiger partial charge is 0.324 e. The van der Waals surface area contributed by atoms with E-state index in [2.05, 4.69) is 65.8 Å². The summed E-state index contributed by atoms with van der Waals surface area (Å²) in [7, 11) is 0. The maximum atomic E-state index is 11.3. The van der Waals surface area contributed by atoms with Crippen molar-refractivity contribution in [2.24, 2.45) is 0 Å². The summed E-state index contributed by atoms with van der Waals surface area (Å²) in [5, 5.41) is 15.1. The zero-order valence-electron chi connectivity index (χ0n) is 15.8. The van der Waals surface area contributed by atoms with Gasteiger partial charge in [0.25, 0.3) is 0 Å². The van der Waals surface area contributed by atoms with Crippen LogP contribution in [0.4, 0.5) is 5.13 Å². The Kier molecular flexibility index (Phi) is 5.08. The van der Waals surface area contributed by atoms with E-state index in [1.165, 1.54) is 5.56 Å². The Labute approximate surface area is 166 Å². The SMILES string of the molecule is CCc1ccc(-c2nn(-c3ccccc3C)cc2CNc2n[nH]c(=O)s2)cc1. The number of anilines is 1. The first-order chi connectivity index (χ1) is 13.6. The van der Waals surface area contributed by atoms with Gasteiger partial charge in [-0.15, -0.1) is 5.10 Å². The van der Waals surface area contributed by atoms with Gasteiger partial charge < -0.3 is 5.32 Å². The molecule has 28 heavy (non-hydrogen) atoms. The van der Waals surface area contributed by atoms with Crippen LogP contribution in [0.15, 0.2) is 59.5 Å². The quantitative estimate of drug-likeness (QED) is 0.517. The number of aromatic nitrogens is 4. The fourth-order valence-corrected chi connectivity index (χ4v) is 3.60. The number of H-pyrrole nitrogens is 1. The van der Waals surface area contributed by atoms with Crippen molar-refractivity contribution in [1.29, 1.82) is 0 Å². The first kappa shape index (κ1) is 18.2. The topological polar surface area (TPSA) is 75.6 Å². The second-order valence-electron chi connectivity index (χ2n) is 6.56. The lowest BCUT2D eigenvalue weighted by Gasteiger charge is -2.05. The van der Waals surface area contributed by atoms with E-state index in [4.69, 9.17) is 5.10 Å². The summed E-state index contributed by atoms with van der Waals surface area (Å²) in [6.07, 6.45) is 3.04. The van der Waals surface area contributed by atoms with Gasteiger partial charge in [0.2, 0.25) is 5.13 Å². The van der Waals surface area contributed by atoms with E-state index in [0.717, 1.165) is 45.8 Å². The lowest BCUT2D eigenvalue weighted by atomic mass is 10.1. The number of nitrogens with zero attached hydrogens (tertiary/aromatic N) is 3. The molecule has 7 heteroatoms. The average molecular weight is 392 g/mol. The molecule has 2 aromatic carbocycles. The molecule has 0 aliphatic heterocycles. The molecule has 0 radical (unpaired) electrons. The van der Waals surface area contributed by atoms with Gasteiger partial charge in [0.15, 0.2) is 0 Å². The molecule has 0 spiro atoms. The number of hydrogen-bond donors (Lipinski definition) is 2. The molecular weight excluding hydrogens is 370 g/mol. The van der Waals surface area contributed by atoms with Gasteiger partial charge in [-0.2, -0.15) is 5.10 Å². The van der Waals surface area contributed by atoms with Crippen LogP contribution in [0.5, 0.6) is 0 Å². The number of aryl methyl sites for hydroxylation is 2. The van der Waals surface area contributed by atoms with Crippen molar-refractivity contribution in [2.45, 2.75) is 26.8 Å². The predicted molar refractivity (Wildman–Crippen MR) is 113 cm³/mol. The highest BCUT2D eigenvalue weighted by atomic mass is 32.1. The lowest BCUT2D eigenvalue weighted by Crippen LogP contribution is -1.99. The summed E-state index contributed by atoms with van der Waals surface area (Å²) < 4.78 is 1.92. The molecule has 0 saturated carbocycles. The van der Waals surface area contributed by atoms with E-state index in [1.807, 2.05) is 23.0 Å². The van der Waals surface area contributed by atoms with Gasteiger partial charge in [-0.3, -0.25) is 4.79 Å². The number of nitrogens with one attached hydrogen (secondary N) is 2. The molecule has 6 nitrogen and oxygen atoms in total. The zero-order chi connectivity index (χ0) is 19.5. The minimum atomic E-state index is -0.173. The molecule has 2 N–H and O–H groups in total. The molecule has 0 atom stereocenters. The van der Waals surface area contributed by atoms with E-state index in [9.17, 15) is 4.79 Å². The number of para-hydroxylation sites is 1.